The van der Waals surface area contributed by atoms with E-state index in [0.717, 1.165) is 11.1 Å². The monoisotopic (exact) mass is 278 g/mol. The normalized spacial score (nSPS) is 11.3. The first-order chi connectivity index (χ1) is 7.89. The molecule has 0 fully saturated rings. The van der Waals surface area contributed by atoms with Crippen molar-refractivity contribution in [2.75, 3.05) is 20.0 Å². The fourth-order valence-electron chi connectivity index (χ4n) is 1.66. The van der Waals surface area contributed by atoms with Crippen molar-refractivity contribution < 1.29 is 17.9 Å². The second kappa shape index (κ2) is 5.60. The summed E-state index contributed by atoms with van der Waals surface area (Å²) in [6.07, 6.45) is 0.264. The van der Waals surface area contributed by atoms with E-state index in [2.05, 4.69) is 0 Å². The molecule has 1 rings (SSSR count). The topological polar surface area (TPSA) is 52.6 Å². The average Bonchev–Trinajstić information content (AvgIpc) is 2.25. The molecule has 0 aromatic heterocycles. The number of halogens is 1. The number of rotatable bonds is 5. The molecule has 1 aromatic rings. The van der Waals surface area contributed by atoms with Crippen LogP contribution in [0.4, 0.5) is 0 Å². The van der Waals surface area contributed by atoms with Crippen molar-refractivity contribution in [3.8, 4) is 11.5 Å². The predicted molar refractivity (Wildman–Crippen MR) is 67.6 cm³/mol. The number of ether oxygens (including phenoxy) is 2. The lowest BCUT2D eigenvalue weighted by molar-refractivity contribution is 0.384. The molecule has 1 aromatic carbocycles. The maximum Gasteiger partial charge on any atom is 0.232 e. The summed E-state index contributed by atoms with van der Waals surface area (Å²) in [5, 5.41) is 0. The zero-order chi connectivity index (χ0) is 13.1. The number of methoxy groups -OCH3 is 2. The van der Waals surface area contributed by atoms with E-state index in [-0.39, 0.29) is 12.2 Å². The van der Waals surface area contributed by atoms with Gasteiger partial charge >= 0.3 is 0 Å². The van der Waals surface area contributed by atoms with Crippen molar-refractivity contribution in [2.45, 2.75) is 13.3 Å². The second-order valence-electron chi connectivity index (χ2n) is 3.59. The van der Waals surface area contributed by atoms with Gasteiger partial charge in [0.2, 0.25) is 9.05 Å². The van der Waals surface area contributed by atoms with Gasteiger partial charge in [-0.1, -0.05) is 6.07 Å². The molecular weight excluding hydrogens is 264 g/mol. The molecule has 0 N–H and O–H groups in total. The average molecular weight is 279 g/mol. The molecule has 0 heterocycles. The van der Waals surface area contributed by atoms with E-state index < -0.39 is 9.05 Å². The Kier molecular flexibility index (Phi) is 4.65. The van der Waals surface area contributed by atoms with Gasteiger partial charge in [0.15, 0.2) is 0 Å². The summed E-state index contributed by atoms with van der Waals surface area (Å²) < 4.78 is 32.4. The first-order valence-electron chi connectivity index (χ1n) is 5.02. The molecule has 0 aliphatic rings. The summed E-state index contributed by atoms with van der Waals surface area (Å²) in [4.78, 5) is 0. The summed E-state index contributed by atoms with van der Waals surface area (Å²) in [6.45, 7) is 1.89. The molecule has 0 unspecified atom stereocenters. The Hall–Kier alpha value is -0.940. The zero-order valence-corrected chi connectivity index (χ0v) is 11.6. The molecule has 0 amide bonds. The van der Waals surface area contributed by atoms with E-state index in [9.17, 15) is 8.42 Å². The Morgan fingerprint density at radius 3 is 2.35 bits per heavy atom. The quantitative estimate of drug-likeness (QED) is 0.774. The molecule has 0 aliphatic carbocycles. The predicted octanol–water partition coefficient (Wildman–Crippen LogP) is 2.12. The van der Waals surface area contributed by atoms with Crippen LogP contribution in [-0.4, -0.2) is 28.4 Å². The third-order valence-electron chi connectivity index (χ3n) is 2.43. The van der Waals surface area contributed by atoms with Gasteiger partial charge < -0.3 is 9.47 Å². The maximum absolute atomic E-state index is 11.0. The molecule has 17 heavy (non-hydrogen) atoms. The molecule has 0 saturated carbocycles. The summed E-state index contributed by atoms with van der Waals surface area (Å²) >= 11 is 0. The number of aryl methyl sites for hydroxylation is 1. The molecule has 96 valence electrons. The molecule has 0 saturated heterocycles. The van der Waals surface area contributed by atoms with Crippen LogP contribution in [0.25, 0.3) is 0 Å². The van der Waals surface area contributed by atoms with Gasteiger partial charge in [-0.2, -0.15) is 0 Å². The van der Waals surface area contributed by atoms with Gasteiger partial charge in [-0.15, -0.1) is 0 Å². The van der Waals surface area contributed by atoms with Gasteiger partial charge in [-0.3, -0.25) is 0 Å². The van der Waals surface area contributed by atoms with Gasteiger partial charge in [-0.05, 0) is 25.0 Å². The Morgan fingerprint density at radius 2 is 1.88 bits per heavy atom. The highest BCUT2D eigenvalue weighted by atomic mass is 35.7. The van der Waals surface area contributed by atoms with E-state index >= 15 is 0 Å². The van der Waals surface area contributed by atoms with Crippen LogP contribution in [-0.2, 0) is 15.5 Å². The Bertz CT molecular complexity index is 496. The van der Waals surface area contributed by atoms with Crippen LogP contribution in [0.2, 0.25) is 0 Å². The zero-order valence-electron chi connectivity index (χ0n) is 9.99. The molecule has 0 atom stereocenters. The van der Waals surface area contributed by atoms with Crippen molar-refractivity contribution in [1.29, 1.82) is 0 Å². The number of hydrogen-bond acceptors (Lipinski definition) is 4. The highest BCUT2D eigenvalue weighted by Crippen LogP contribution is 2.32. The van der Waals surface area contributed by atoms with Crippen molar-refractivity contribution in [2.24, 2.45) is 0 Å². The third kappa shape index (κ3) is 3.78. The van der Waals surface area contributed by atoms with E-state index in [0.29, 0.717) is 11.5 Å². The first kappa shape index (κ1) is 14.1. The fourth-order valence-corrected chi connectivity index (χ4v) is 2.34. The fraction of sp³-hybridized carbons (Fsp3) is 0.455. The van der Waals surface area contributed by atoms with E-state index in [4.69, 9.17) is 20.2 Å². The highest BCUT2D eigenvalue weighted by Gasteiger charge is 2.15. The van der Waals surface area contributed by atoms with Crippen LogP contribution in [0, 0.1) is 6.92 Å². The maximum atomic E-state index is 11.0. The van der Waals surface area contributed by atoms with Gasteiger partial charge in [0.25, 0.3) is 0 Å². The molecule has 0 bridgehead atoms. The molecular formula is C11H15ClO4S. The lowest BCUT2D eigenvalue weighted by Gasteiger charge is -2.14. The number of benzene rings is 1. The summed E-state index contributed by atoms with van der Waals surface area (Å²) in [7, 11) is 4.75. The highest BCUT2D eigenvalue weighted by molar-refractivity contribution is 8.13. The van der Waals surface area contributed by atoms with Crippen LogP contribution < -0.4 is 9.47 Å². The van der Waals surface area contributed by atoms with Crippen molar-refractivity contribution >= 4 is 19.7 Å². The van der Waals surface area contributed by atoms with Gasteiger partial charge in [-0.25, -0.2) is 8.42 Å². The van der Waals surface area contributed by atoms with Crippen LogP contribution in [0.15, 0.2) is 12.1 Å². The lowest BCUT2D eigenvalue weighted by Crippen LogP contribution is -2.05. The van der Waals surface area contributed by atoms with Gasteiger partial charge in [0.1, 0.15) is 11.5 Å². The Morgan fingerprint density at radius 1 is 1.24 bits per heavy atom. The standard InChI is InChI=1S/C11H15ClO4S/c1-8-4-5-10(15-2)9(11(8)16-3)6-7-17(12,13)14/h4-5H,6-7H2,1-3H3. The first-order valence-corrected chi connectivity index (χ1v) is 7.49. The van der Waals surface area contributed by atoms with Crippen LogP contribution in [0.1, 0.15) is 11.1 Å². The molecule has 6 heteroatoms. The minimum absolute atomic E-state index is 0.148. The minimum atomic E-state index is -3.52. The van der Waals surface area contributed by atoms with Crippen LogP contribution in [0.5, 0.6) is 11.5 Å². The van der Waals surface area contributed by atoms with Gasteiger partial charge in [0, 0.05) is 16.2 Å². The van der Waals surface area contributed by atoms with Crippen LogP contribution >= 0.6 is 10.7 Å². The van der Waals surface area contributed by atoms with Crippen molar-refractivity contribution in [3.05, 3.63) is 23.3 Å². The third-order valence-corrected chi connectivity index (χ3v) is 3.59. The van der Waals surface area contributed by atoms with Crippen molar-refractivity contribution in [3.63, 3.8) is 0 Å². The summed E-state index contributed by atoms with van der Waals surface area (Å²) in [5.74, 6) is 1.10. The smallest absolute Gasteiger partial charge is 0.232 e. The molecule has 0 radical (unpaired) electrons. The van der Waals surface area contributed by atoms with Gasteiger partial charge in [0.05, 0.1) is 20.0 Å². The van der Waals surface area contributed by atoms with Crippen LogP contribution in [0.3, 0.4) is 0 Å². The van der Waals surface area contributed by atoms with E-state index in [1.54, 1.807) is 13.2 Å². The van der Waals surface area contributed by atoms with E-state index in [1.807, 2.05) is 13.0 Å². The largest absolute Gasteiger partial charge is 0.496 e. The number of hydrogen-bond donors (Lipinski definition) is 0. The second-order valence-corrected chi connectivity index (χ2v) is 6.49. The SMILES string of the molecule is COc1ccc(C)c(OC)c1CCS(=O)(=O)Cl. The Labute approximate surface area is 106 Å². The molecule has 4 nitrogen and oxygen atoms in total. The molecule has 0 spiro atoms. The lowest BCUT2D eigenvalue weighted by atomic mass is 10.1. The molecule has 0 aliphatic heterocycles. The Balaban J connectivity index is 3.14. The minimum Gasteiger partial charge on any atom is -0.496 e. The van der Waals surface area contributed by atoms with E-state index in [1.165, 1.54) is 7.11 Å². The summed E-state index contributed by atoms with van der Waals surface area (Å²) in [6, 6.07) is 3.64. The summed E-state index contributed by atoms with van der Waals surface area (Å²) in [5.41, 5.74) is 1.65. The van der Waals surface area contributed by atoms with Crippen molar-refractivity contribution in [1.82, 2.24) is 0 Å².